The van der Waals surface area contributed by atoms with Gasteiger partial charge >= 0.3 is 12.0 Å². The first kappa shape index (κ1) is 23.9. The highest BCUT2D eigenvalue weighted by Gasteiger charge is 2.35. The molecular formula is C23H21ClFN3O5. The SMILES string of the molecule is CC1=CN(C)C(=O)C(NC(=O)NCC(C(=O)O)c2cccc(-c3ccc(F)cc3)c2Cl)C1=O. The van der Waals surface area contributed by atoms with Gasteiger partial charge in [0.1, 0.15) is 11.7 Å². The first-order valence-corrected chi connectivity index (χ1v) is 10.3. The molecule has 8 nitrogen and oxygen atoms in total. The highest BCUT2D eigenvalue weighted by atomic mass is 35.5. The lowest BCUT2D eigenvalue weighted by atomic mass is 9.94. The Morgan fingerprint density at radius 3 is 2.48 bits per heavy atom. The number of carboxylic acids is 1. The minimum atomic E-state index is -1.39. The van der Waals surface area contributed by atoms with Crippen LogP contribution in [0.15, 0.2) is 54.2 Å². The van der Waals surface area contributed by atoms with Gasteiger partial charge < -0.3 is 20.6 Å². The summed E-state index contributed by atoms with van der Waals surface area (Å²) >= 11 is 6.48. The third-order valence-corrected chi connectivity index (χ3v) is 5.65. The summed E-state index contributed by atoms with van der Waals surface area (Å²) in [6, 6.07) is 8.11. The molecule has 1 heterocycles. The van der Waals surface area contributed by atoms with Crippen LogP contribution in [0.1, 0.15) is 18.4 Å². The number of benzene rings is 2. The monoisotopic (exact) mass is 473 g/mol. The predicted octanol–water partition coefficient (Wildman–Crippen LogP) is 2.93. The molecule has 3 N–H and O–H groups in total. The first-order valence-electron chi connectivity index (χ1n) is 9.91. The van der Waals surface area contributed by atoms with Crippen LogP contribution in [0.3, 0.4) is 0 Å². The molecule has 33 heavy (non-hydrogen) atoms. The Morgan fingerprint density at radius 2 is 1.85 bits per heavy atom. The minimum absolute atomic E-state index is 0.152. The van der Waals surface area contributed by atoms with E-state index < -0.39 is 41.5 Å². The molecule has 10 heteroatoms. The molecule has 0 bridgehead atoms. The number of nitrogens with one attached hydrogen (secondary N) is 2. The van der Waals surface area contributed by atoms with Gasteiger partial charge in [0.15, 0.2) is 11.8 Å². The lowest BCUT2D eigenvalue weighted by Gasteiger charge is -2.26. The van der Waals surface area contributed by atoms with E-state index in [9.17, 15) is 28.7 Å². The van der Waals surface area contributed by atoms with E-state index in [1.54, 1.807) is 12.1 Å². The summed E-state index contributed by atoms with van der Waals surface area (Å²) in [7, 11) is 1.46. The Kier molecular flexibility index (Phi) is 7.13. The molecule has 3 rings (SSSR count). The molecule has 0 saturated heterocycles. The van der Waals surface area contributed by atoms with Gasteiger partial charge in [-0.05, 0) is 30.2 Å². The summed E-state index contributed by atoms with van der Waals surface area (Å²) in [5.74, 6) is -4.03. The number of carbonyl (C=O) groups is 4. The van der Waals surface area contributed by atoms with Crippen molar-refractivity contribution in [2.75, 3.05) is 13.6 Å². The third-order valence-electron chi connectivity index (χ3n) is 5.23. The average Bonchev–Trinajstić information content (AvgIpc) is 2.77. The predicted molar refractivity (Wildman–Crippen MR) is 119 cm³/mol. The van der Waals surface area contributed by atoms with Crippen molar-refractivity contribution in [3.63, 3.8) is 0 Å². The van der Waals surface area contributed by atoms with Gasteiger partial charge in [0.05, 0.1) is 5.02 Å². The van der Waals surface area contributed by atoms with Crippen LogP contribution in [-0.4, -0.2) is 53.3 Å². The number of halogens is 2. The number of carboxylic acid groups (broad SMARTS) is 1. The van der Waals surface area contributed by atoms with Crippen LogP contribution in [0.5, 0.6) is 0 Å². The number of hydrogen-bond donors (Lipinski definition) is 3. The summed E-state index contributed by atoms with van der Waals surface area (Å²) in [6.45, 7) is 1.17. The molecule has 2 aromatic rings. The van der Waals surface area contributed by atoms with E-state index in [0.29, 0.717) is 16.7 Å². The van der Waals surface area contributed by atoms with Gasteiger partial charge in [0.25, 0.3) is 5.91 Å². The van der Waals surface area contributed by atoms with E-state index in [0.717, 1.165) is 0 Å². The lowest BCUT2D eigenvalue weighted by Crippen LogP contribution is -2.56. The molecule has 0 radical (unpaired) electrons. The van der Waals surface area contributed by atoms with Crippen molar-refractivity contribution in [2.45, 2.75) is 18.9 Å². The number of urea groups is 1. The third kappa shape index (κ3) is 5.20. The van der Waals surface area contributed by atoms with Crippen molar-refractivity contribution >= 4 is 35.3 Å². The van der Waals surface area contributed by atoms with Crippen molar-refractivity contribution in [3.8, 4) is 11.1 Å². The summed E-state index contributed by atoms with van der Waals surface area (Å²) in [4.78, 5) is 49.9. The second-order valence-corrected chi connectivity index (χ2v) is 7.90. The average molecular weight is 474 g/mol. The molecule has 172 valence electrons. The summed E-state index contributed by atoms with van der Waals surface area (Å²) in [6.07, 6.45) is 1.37. The van der Waals surface area contributed by atoms with Crippen molar-refractivity contribution in [3.05, 3.63) is 70.6 Å². The first-order chi connectivity index (χ1) is 15.6. The number of likely N-dealkylation sites (N-methyl/N-ethyl adjacent to an activating group) is 1. The molecule has 1 aliphatic rings. The standard InChI is InChI=1S/C23H21ClFN3O5/c1-12-11-28(2)21(30)19(20(12)29)27-23(33)26-10-17(22(31)32)16-5-3-4-15(18(16)24)13-6-8-14(25)9-7-13/h3-9,11,17,19H,10H2,1-2H3,(H,31,32)(H2,26,27,33). The molecule has 2 atom stereocenters. The van der Waals surface area contributed by atoms with E-state index in [1.165, 1.54) is 55.4 Å². The number of nitrogens with zero attached hydrogens (tertiary/aromatic N) is 1. The van der Waals surface area contributed by atoms with Gasteiger partial charge in [-0.25, -0.2) is 9.18 Å². The highest BCUT2D eigenvalue weighted by molar-refractivity contribution is 6.34. The number of ketones is 1. The quantitative estimate of drug-likeness (QED) is 0.558. The van der Waals surface area contributed by atoms with Crippen LogP contribution in [0.4, 0.5) is 9.18 Å². The van der Waals surface area contributed by atoms with Crippen molar-refractivity contribution in [1.29, 1.82) is 0 Å². The molecule has 0 aliphatic carbocycles. The fourth-order valence-electron chi connectivity index (χ4n) is 3.47. The molecule has 2 aromatic carbocycles. The summed E-state index contributed by atoms with van der Waals surface area (Å²) in [5.41, 5.74) is 1.65. The van der Waals surface area contributed by atoms with Gasteiger partial charge in [-0.3, -0.25) is 14.4 Å². The Hall–Kier alpha value is -3.72. The molecule has 0 fully saturated rings. The van der Waals surface area contributed by atoms with Gasteiger partial charge in [-0.1, -0.05) is 41.9 Å². The van der Waals surface area contributed by atoms with E-state index in [4.69, 9.17) is 11.6 Å². The number of carbonyl (C=O) groups excluding carboxylic acids is 3. The Balaban J connectivity index is 1.76. The molecule has 1 aliphatic heterocycles. The lowest BCUT2D eigenvalue weighted by molar-refractivity contribution is -0.139. The second-order valence-electron chi connectivity index (χ2n) is 7.52. The molecular weight excluding hydrogens is 453 g/mol. The molecule has 0 saturated carbocycles. The van der Waals surface area contributed by atoms with E-state index in [1.807, 2.05) is 0 Å². The van der Waals surface area contributed by atoms with Gasteiger partial charge in [-0.2, -0.15) is 0 Å². The maximum atomic E-state index is 13.2. The van der Waals surface area contributed by atoms with Crippen LogP contribution in [0, 0.1) is 5.82 Å². The zero-order valence-electron chi connectivity index (χ0n) is 17.8. The summed E-state index contributed by atoms with van der Waals surface area (Å²) in [5, 5.41) is 14.6. The van der Waals surface area contributed by atoms with E-state index in [-0.39, 0.29) is 17.1 Å². The number of Topliss-reactive ketones (excluding diaryl/α,β-unsaturated/α-hetero) is 1. The maximum Gasteiger partial charge on any atom is 0.315 e. The van der Waals surface area contributed by atoms with Crippen molar-refractivity contribution in [1.82, 2.24) is 15.5 Å². The van der Waals surface area contributed by atoms with E-state index in [2.05, 4.69) is 10.6 Å². The zero-order chi connectivity index (χ0) is 24.3. The number of aliphatic carboxylic acids is 1. The fourth-order valence-corrected chi connectivity index (χ4v) is 3.83. The highest BCUT2D eigenvalue weighted by Crippen LogP contribution is 2.34. The van der Waals surface area contributed by atoms with Gasteiger partial charge in [0.2, 0.25) is 0 Å². The van der Waals surface area contributed by atoms with Crippen LogP contribution < -0.4 is 10.6 Å². The second kappa shape index (κ2) is 9.83. The van der Waals surface area contributed by atoms with Crippen molar-refractivity contribution in [2.24, 2.45) is 0 Å². The number of amides is 3. The normalized spacial score (nSPS) is 16.8. The summed E-state index contributed by atoms with van der Waals surface area (Å²) < 4.78 is 13.2. The molecule has 0 spiro atoms. The Morgan fingerprint density at radius 1 is 1.18 bits per heavy atom. The van der Waals surface area contributed by atoms with Crippen molar-refractivity contribution < 1.29 is 28.7 Å². The maximum absolute atomic E-state index is 13.2. The van der Waals surface area contributed by atoms with E-state index >= 15 is 0 Å². The van der Waals surface area contributed by atoms with Crippen LogP contribution >= 0.6 is 11.6 Å². The number of rotatable bonds is 6. The smallest absolute Gasteiger partial charge is 0.315 e. The van der Waals surface area contributed by atoms with Gasteiger partial charge in [0, 0.05) is 30.9 Å². The molecule has 0 aromatic heterocycles. The minimum Gasteiger partial charge on any atom is -0.481 e. The van der Waals surface area contributed by atoms with Crippen LogP contribution in [0.2, 0.25) is 5.02 Å². The Bertz CT molecular complexity index is 1150. The fraction of sp³-hybridized carbons (Fsp3) is 0.217. The largest absolute Gasteiger partial charge is 0.481 e. The number of hydrogen-bond acceptors (Lipinski definition) is 4. The van der Waals surface area contributed by atoms with Crippen LogP contribution in [-0.2, 0) is 14.4 Å². The van der Waals surface area contributed by atoms with Crippen LogP contribution in [0.25, 0.3) is 11.1 Å². The van der Waals surface area contributed by atoms with Gasteiger partial charge in [-0.15, -0.1) is 0 Å². The zero-order valence-corrected chi connectivity index (χ0v) is 18.5. The Labute approximate surface area is 194 Å². The molecule has 3 amide bonds. The topological polar surface area (TPSA) is 116 Å². The molecule has 2 unspecified atom stereocenters.